The minimum absolute atomic E-state index is 0.0999. The van der Waals surface area contributed by atoms with Crippen LogP contribution in [0.2, 0.25) is 0 Å². The first kappa shape index (κ1) is 14.6. The van der Waals surface area contributed by atoms with E-state index in [1.807, 2.05) is 20.8 Å². The van der Waals surface area contributed by atoms with Gasteiger partial charge in [0, 0.05) is 25.8 Å². The summed E-state index contributed by atoms with van der Waals surface area (Å²) in [5.41, 5.74) is 1.39. The van der Waals surface area contributed by atoms with Crippen LogP contribution in [0, 0.1) is 5.92 Å². The normalized spacial score (nSPS) is 18.8. The van der Waals surface area contributed by atoms with Gasteiger partial charge in [0.15, 0.2) is 0 Å². The molecule has 0 aromatic carbocycles. The molecule has 110 valence electrons. The standard InChI is InChI=1S/C14H21N3O3/c1-4-17-8-11(12(15-17)9(2)3)13(18)16-6-5-10(7-16)14(19)20/h8-10H,4-7H2,1-3H3,(H,19,20)/t10-/m0/s1. The molecule has 1 aliphatic heterocycles. The molecule has 1 amide bonds. The van der Waals surface area contributed by atoms with E-state index in [-0.39, 0.29) is 11.8 Å². The highest BCUT2D eigenvalue weighted by Gasteiger charge is 2.33. The van der Waals surface area contributed by atoms with Gasteiger partial charge in [-0.05, 0) is 19.3 Å². The van der Waals surface area contributed by atoms with Crippen molar-refractivity contribution >= 4 is 11.9 Å². The van der Waals surface area contributed by atoms with Gasteiger partial charge < -0.3 is 10.0 Å². The van der Waals surface area contributed by atoms with Gasteiger partial charge in [-0.15, -0.1) is 0 Å². The lowest BCUT2D eigenvalue weighted by molar-refractivity contribution is -0.141. The number of aromatic nitrogens is 2. The average molecular weight is 279 g/mol. The molecule has 1 aromatic rings. The molecule has 6 heteroatoms. The molecule has 6 nitrogen and oxygen atoms in total. The third-order valence-corrected chi connectivity index (χ3v) is 3.72. The Morgan fingerprint density at radius 2 is 2.20 bits per heavy atom. The van der Waals surface area contributed by atoms with Crippen LogP contribution in [0.25, 0.3) is 0 Å². The van der Waals surface area contributed by atoms with Gasteiger partial charge in [-0.25, -0.2) is 0 Å². The number of carbonyl (C=O) groups excluding carboxylic acids is 1. The largest absolute Gasteiger partial charge is 0.481 e. The van der Waals surface area contributed by atoms with Crippen LogP contribution < -0.4 is 0 Å². The predicted molar refractivity (Wildman–Crippen MR) is 73.6 cm³/mol. The minimum atomic E-state index is -0.825. The molecule has 20 heavy (non-hydrogen) atoms. The Morgan fingerprint density at radius 3 is 2.70 bits per heavy atom. The molecule has 1 saturated heterocycles. The fourth-order valence-corrected chi connectivity index (χ4v) is 2.51. The van der Waals surface area contributed by atoms with Crippen LogP contribution in [0.5, 0.6) is 0 Å². The van der Waals surface area contributed by atoms with Gasteiger partial charge in [-0.3, -0.25) is 14.3 Å². The molecular formula is C14H21N3O3. The Labute approximate surface area is 118 Å². The Morgan fingerprint density at radius 1 is 1.50 bits per heavy atom. The van der Waals surface area contributed by atoms with E-state index in [0.717, 1.165) is 5.69 Å². The van der Waals surface area contributed by atoms with Gasteiger partial charge >= 0.3 is 5.97 Å². The third-order valence-electron chi connectivity index (χ3n) is 3.72. The van der Waals surface area contributed by atoms with Crippen molar-refractivity contribution in [3.63, 3.8) is 0 Å². The van der Waals surface area contributed by atoms with E-state index in [2.05, 4.69) is 5.10 Å². The number of amides is 1. The zero-order valence-corrected chi connectivity index (χ0v) is 12.2. The quantitative estimate of drug-likeness (QED) is 0.907. The number of likely N-dealkylation sites (tertiary alicyclic amines) is 1. The monoisotopic (exact) mass is 279 g/mol. The smallest absolute Gasteiger partial charge is 0.308 e. The van der Waals surface area contributed by atoms with E-state index in [9.17, 15) is 9.59 Å². The Kier molecular flexibility index (Phi) is 4.11. The van der Waals surface area contributed by atoms with Crippen molar-refractivity contribution < 1.29 is 14.7 Å². The molecule has 1 aliphatic rings. The number of aryl methyl sites for hydroxylation is 1. The number of rotatable bonds is 4. The molecule has 0 spiro atoms. The van der Waals surface area contributed by atoms with Gasteiger partial charge in [-0.2, -0.15) is 5.10 Å². The number of hydrogen-bond donors (Lipinski definition) is 1. The molecule has 0 saturated carbocycles. The first-order chi connectivity index (χ1) is 9.43. The minimum Gasteiger partial charge on any atom is -0.481 e. The van der Waals surface area contributed by atoms with Crippen molar-refractivity contribution in [1.29, 1.82) is 0 Å². The molecule has 0 aliphatic carbocycles. The Hall–Kier alpha value is -1.85. The highest BCUT2D eigenvalue weighted by Crippen LogP contribution is 2.23. The van der Waals surface area contributed by atoms with E-state index in [0.29, 0.717) is 31.6 Å². The van der Waals surface area contributed by atoms with Crippen LogP contribution in [0.3, 0.4) is 0 Å². The maximum Gasteiger partial charge on any atom is 0.308 e. The van der Waals surface area contributed by atoms with Crippen LogP contribution in [0.15, 0.2) is 6.20 Å². The Bertz CT molecular complexity index is 522. The van der Waals surface area contributed by atoms with Crippen LogP contribution in [-0.2, 0) is 11.3 Å². The summed E-state index contributed by atoms with van der Waals surface area (Å²) in [6, 6.07) is 0. The molecule has 0 radical (unpaired) electrons. The molecule has 1 aromatic heterocycles. The number of hydrogen-bond acceptors (Lipinski definition) is 3. The highest BCUT2D eigenvalue weighted by atomic mass is 16.4. The van der Waals surface area contributed by atoms with Gasteiger partial charge in [-0.1, -0.05) is 13.8 Å². The summed E-state index contributed by atoms with van der Waals surface area (Å²) in [6.45, 7) is 7.49. The van der Waals surface area contributed by atoms with Crippen molar-refractivity contribution in [1.82, 2.24) is 14.7 Å². The summed E-state index contributed by atoms with van der Waals surface area (Å²) in [4.78, 5) is 25.2. The molecule has 0 unspecified atom stereocenters. The molecule has 1 N–H and O–H groups in total. The maximum atomic E-state index is 12.5. The van der Waals surface area contributed by atoms with Crippen molar-refractivity contribution in [3.8, 4) is 0 Å². The van der Waals surface area contributed by atoms with Crippen LogP contribution in [0.1, 0.15) is 49.2 Å². The van der Waals surface area contributed by atoms with Crippen molar-refractivity contribution in [2.24, 2.45) is 5.92 Å². The van der Waals surface area contributed by atoms with Crippen molar-refractivity contribution in [3.05, 3.63) is 17.5 Å². The second-order valence-corrected chi connectivity index (χ2v) is 5.51. The lowest BCUT2D eigenvalue weighted by Crippen LogP contribution is -2.30. The van der Waals surface area contributed by atoms with E-state index in [4.69, 9.17) is 5.11 Å². The number of carboxylic acids is 1. The second-order valence-electron chi connectivity index (χ2n) is 5.51. The lowest BCUT2D eigenvalue weighted by atomic mass is 10.1. The van der Waals surface area contributed by atoms with E-state index >= 15 is 0 Å². The SMILES string of the molecule is CCn1cc(C(=O)N2CC[C@H](C(=O)O)C2)c(C(C)C)n1. The molecule has 1 atom stereocenters. The first-order valence-corrected chi connectivity index (χ1v) is 7.03. The third kappa shape index (κ3) is 2.69. The average Bonchev–Trinajstić information content (AvgIpc) is 3.04. The van der Waals surface area contributed by atoms with E-state index in [1.165, 1.54) is 0 Å². The van der Waals surface area contributed by atoms with Gasteiger partial charge in [0.2, 0.25) is 0 Å². The summed E-state index contributed by atoms with van der Waals surface area (Å²) in [5, 5.41) is 13.4. The van der Waals surface area contributed by atoms with Gasteiger partial charge in [0.1, 0.15) is 0 Å². The molecule has 2 rings (SSSR count). The topological polar surface area (TPSA) is 75.4 Å². The van der Waals surface area contributed by atoms with E-state index in [1.54, 1.807) is 15.8 Å². The van der Waals surface area contributed by atoms with Crippen molar-refractivity contribution in [2.45, 2.75) is 39.7 Å². The molecular weight excluding hydrogens is 258 g/mol. The number of carbonyl (C=O) groups is 2. The van der Waals surface area contributed by atoms with Gasteiger partial charge in [0.25, 0.3) is 5.91 Å². The molecule has 1 fully saturated rings. The summed E-state index contributed by atoms with van der Waals surface area (Å²) in [7, 11) is 0. The number of nitrogens with zero attached hydrogens (tertiary/aromatic N) is 3. The molecule has 2 heterocycles. The van der Waals surface area contributed by atoms with E-state index < -0.39 is 11.9 Å². The summed E-state index contributed by atoms with van der Waals surface area (Å²) in [6.07, 6.45) is 2.30. The number of carboxylic acid groups (broad SMARTS) is 1. The predicted octanol–water partition coefficient (Wildman–Crippen LogP) is 1.57. The highest BCUT2D eigenvalue weighted by molar-refractivity contribution is 5.95. The fourth-order valence-electron chi connectivity index (χ4n) is 2.51. The summed E-state index contributed by atoms with van der Waals surface area (Å²) < 4.78 is 1.76. The van der Waals surface area contributed by atoms with Crippen molar-refractivity contribution in [2.75, 3.05) is 13.1 Å². The lowest BCUT2D eigenvalue weighted by Gasteiger charge is -2.16. The summed E-state index contributed by atoms with van der Waals surface area (Å²) >= 11 is 0. The maximum absolute atomic E-state index is 12.5. The zero-order valence-electron chi connectivity index (χ0n) is 12.2. The fraction of sp³-hybridized carbons (Fsp3) is 0.643. The number of aliphatic carboxylic acids is 1. The van der Waals surface area contributed by atoms with Crippen LogP contribution in [-0.4, -0.2) is 44.8 Å². The second kappa shape index (κ2) is 5.64. The van der Waals surface area contributed by atoms with Gasteiger partial charge in [0.05, 0.1) is 17.2 Å². The Balaban J connectivity index is 2.21. The van der Waals surface area contributed by atoms with Crippen LogP contribution in [0.4, 0.5) is 0 Å². The first-order valence-electron chi connectivity index (χ1n) is 7.03. The molecule has 0 bridgehead atoms. The van der Waals surface area contributed by atoms with Crippen LogP contribution >= 0.6 is 0 Å². The zero-order chi connectivity index (χ0) is 14.9. The summed E-state index contributed by atoms with van der Waals surface area (Å²) in [5.74, 6) is -1.20.